The predicted octanol–water partition coefficient (Wildman–Crippen LogP) is 1.65. The third kappa shape index (κ3) is 4.35. The largest absolute Gasteiger partial charge is 0.497 e. The zero-order chi connectivity index (χ0) is 22.5. The van der Waals surface area contributed by atoms with Crippen LogP contribution in [0.3, 0.4) is 0 Å². The van der Waals surface area contributed by atoms with Gasteiger partial charge >= 0.3 is 0 Å². The van der Waals surface area contributed by atoms with Gasteiger partial charge in [0.15, 0.2) is 17.3 Å². The number of hydrogen-bond acceptors (Lipinski definition) is 8. The number of ether oxygens (including phenoxy) is 3. The first-order chi connectivity index (χ1) is 15.6. The highest BCUT2D eigenvalue weighted by molar-refractivity contribution is 5.97. The molecule has 10 nitrogen and oxygen atoms in total. The van der Waals surface area contributed by atoms with Crippen LogP contribution in [0.5, 0.6) is 17.2 Å². The van der Waals surface area contributed by atoms with Gasteiger partial charge in [0.2, 0.25) is 0 Å². The fourth-order valence-corrected chi connectivity index (χ4v) is 3.76. The van der Waals surface area contributed by atoms with Crippen LogP contribution in [0.15, 0.2) is 42.5 Å². The molecule has 0 unspecified atom stereocenters. The predicted molar refractivity (Wildman–Crippen MR) is 116 cm³/mol. The Labute approximate surface area is 186 Å². The normalized spacial score (nSPS) is 14.3. The van der Waals surface area contributed by atoms with Crippen molar-refractivity contribution >= 4 is 5.91 Å². The summed E-state index contributed by atoms with van der Waals surface area (Å²) >= 11 is 0. The molecule has 0 saturated carbocycles. The van der Waals surface area contributed by atoms with E-state index in [-0.39, 0.29) is 5.91 Å². The molecule has 1 aromatic heterocycles. The van der Waals surface area contributed by atoms with Crippen LogP contribution in [0.25, 0.3) is 5.69 Å². The van der Waals surface area contributed by atoms with Crippen LogP contribution >= 0.6 is 0 Å². The molecule has 0 atom stereocenters. The van der Waals surface area contributed by atoms with Gasteiger partial charge in [0.05, 0.1) is 39.1 Å². The van der Waals surface area contributed by atoms with Gasteiger partial charge in [0, 0.05) is 26.2 Å². The molecule has 0 spiro atoms. The van der Waals surface area contributed by atoms with E-state index in [2.05, 4.69) is 20.4 Å². The van der Waals surface area contributed by atoms with Gasteiger partial charge < -0.3 is 19.1 Å². The van der Waals surface area contributed by atoms with Crippen LogP contribution in [0, 0.1) is 0 Å². The Hall–Kier alpha value is -3.66. The number of methoxy groups -OCH3 is 3. The minimum atomic E-state index is -0.0662. The Morgan fingerprint density at radius 3 is 2.34 bits per heavy atom. The third-order valence-corrected chi connectivity index (χ3v) is 5.51. The van der Waals surface area contributed by atoms with Crippen molar-refractivity contribution in [2.75, 3.05) is 47.5 Å². The number of carbonyl (C=O) groups is 1. The first kappa shape index (κ1) is 21.6. The van der Waals surface area contributed by atoms with Crippen LogP contribution < -0.4 is 14.2 Å². The molecule has 0 radical (unpaired) electrons. The van der Waals surface area contributed by atoms with E-state index in [1.807, 2.05) is 29.2 Å². The Balaban J connectivity index is 1.40. The zero-order valence-electron chi connectivity index (χ0n) is 18.4. The van der Waals surface area contributed by atoms with Gasteiger partial charge in [0.25, 0.3) is 5.91 Å². The smallest absolute Gasteiger partial charge is 0.257 e. The molecule has 2 heterocycles. The number of piperazine rings is 1. The number of carbonyl (C=O) groups excluding carboxylic acids is 1. The van der Waals surface area contributed by atoms with Gasteiger partial charge in [-0.1, -0.05) is 6.07 Å². The van der Waals surface area contributed by atoms with Crippen molar-refractivity contribution in [1.82, 2.24) is 30.0 Å². The molecule has 3 aromatic rings. The minimum Gasteiger partial charge on any atom is -0.497 e. The quantitative estimate of drug-likeness (QED) is 0.550. The van der Waals surface area contributed by atoms with Crippen molar-refractivity contribution < 1.29 is 19.0 Å². The summed E-state index contributed by atoms with van der Waals surface area (Å²) in [5.74, 6) is 2.45. The molecular formula is C22H26N6O4. The van der Waals surface area contributed by atoms with Gasteiger partial charge in [0.1, 0.15) is 5.75 Å². The highest BCUT2D eigenvalue weighted by atomic mass is 16.5. The summed E-state index contributed by atoms with van der Waals surface area (Å²) in [6, 6.07) is 12.9. The molecule has 1 saturated heterocycles. The maximum atomic E-state index is 13.1. The topological polar surface area (TPSA) is 94.8 Å². The van der Waals surface area contributed by atoms with Gasteiger partial charge in [-0.15, -0.1) is 5.10 Å². The van der Waals surface area contributed by atoms with E-state index in [1.54, 1.807) is 44.2 Å². The number of amides is 1. The number of aromatic nitrogens is 4. The molecule has 10 heteroatoms. The fourth-order valence-electron chi connectivity index (χ4n) is 3.76. The van der Waals surface area contributed by atoms with E-state index in [9.17, 15) is 4.79 Å². The van der Waals surface area contributed by atoms with Gasteiger partial charge in [-0.05, 0) is 46.8 Å². The first-order valence-corrected chi connectivity index (χ1v) is 10.3. The van der Waals surface area contributed by atoms with Crippen molar-refractivity contribution in [3.8, 4) is 22.9 Å². The maximum Gasteiger partial charge on any atom is 0.257 e. The van der Waals surface area contributed by atoms with E-state index in [1.165, 1.54) is 0 Å². The van der Waals surface area contributed by atoms with E-state index in [0.29, 0.717) is 49.8 Å². The lowest BCUT2D eigenvalue weighted by Gasteiger charge is -2.34. The van der Waals surface area contributed by atoms with Gasteiger partial charge in [-0.3, -0.25) is 9.69 Å². The molecule has 4 rings (SSSR count). The molecule has 1 aliphatic heterocycles. The van der Waals surface area contributed by atoms with Crippen LogP contribution in [-0.4, -0.2) is 83.4 Å². The molecule has 168 valence electrons. The molecule has 0 aliphatic carbocycles. The Bertz CT molecular complexity index is 1060. The average molecular weight is 438 g/mol. The van der Waals surface area contributed by atoms with Crippen molar-refractivity contribution in [3.05, 3.63) is 53.9 Å². The molecular weight excluding hydrogens is 412 g/mol. The Morgan fingerprint density at radius 2 is 1.69 bits per heavy atom. The van der Waals surface area contributed by atoms with Crippen molar-refractivity contribution in [3.63, 3.8) is 0 Å². The summed E-state index contributed by atoms with van der Waals surface area (Å²) in [4.78, 5) is 17.2. The lowest BCUT2D eigenvalue weighted by Crippen LogP contribution is -2.48. The second-order valence-electron chi connectivity index (χ2n) is 7.31. The van der Waals surface area contributed by atoms with E-state index in [4.69, 9.17) is 14.2 Å². The number of rotatable bonds is 7. The highest BCUT2D eigenvalue weighted by Gasteiger charge is 2.26. The van der Waals surface area contributed by atoms with Crippen LogP contribution in [-0.2, 0) is 6.54 Å². The number of tetrazole rings is 1. The summed E-state index contributed by atoms with van der Waals surface area (Å²) < 4.78 is 17.7. The van der Waals surface area contributed by atoms with Gasteiger partial charge in [-0.25, -0.2) is 0 Å². The molecule has 1 amide bonds. The van der Waals surface area contributed by atoms with E-state index >= 15 is 0 Å². The fraction of sp³-hybridized carbons (Fsp3) is 0.364. The zero-order valence-corrected chi connectivity index (χ0v) is 18.4. The number of para-hydroxylation sites is 1. The summed E-state index contributed by atoms with van der Waals surface area (Å²) in [5, 5.41) is 12.2. The monoisotopic (exact) mass is 438 g/mol. The van der Waals surface area contributed by atoms with Crippen LogP contribution in [0.4, 0.5) is 0 Å². The number of nitrogens with zero attached hydrogens (tertiary/aromatic N) is 6. The SMILES string of the molecule is COc1ccc(-n2nnnc2CN2CCN(C(=O)c3cccc(OC)c3OC)CC2)cc1. The van der Waals surface area contributed by atoms with Crippen molar-refractivity contribution in [2.45, 2.75) is 6.54 Å². The van der Waals surface area contributed by atoms with Crippen LogP contribution in [0.2, 0.25) is 0 Å². The summed E-state index contributed by atoms with van der Waals surface area (Å²) in [6.45, 7) is 3.22. The number of benzene rings is 2. The van der Waals surface area contributed by atoms with Crippen molar-refractivity contribution in [1.29, 1.82) is 0 Å². The Kier molecular flexibility index (Phi) is 6.50. The lowest BCUT2D eigenvalue weighted by atomic mass is 10.1. The summed E-state index contributed by atoms with van der Waals surface area (Å²) in [7, 11) is 4.73. The standard InChI is InChI=1S/C22H26N6O4/c1-30-17-9-7-16(8-10-17)28-20(23-24-25-28)15-26-11-13-27(14-12-26)22(29)18-5-4-6-19(31-2)21(18)32-3/h4-10H,11-15H2,1-3H3. The number of hydrogen-bond donors (Lipinski definition) is 0. The summed E-state index contributed by atoms with van der Waals surface area (Å²) in [6.07, 6.45) is 0. The first-order valence-electron chi connectivity index (χ1n) is 10.3. The van der Waals surface area contributed by atoms with Crippen molar-refractivity contribution in [2.24, 2.45) is 0 Å². The molecule has 0 bridgehead atoms. The highest BCUT2D eigenvalue weighted by Crippen LogP contribution is 2.31. The lowest BCUT2D eigenvalue weighted by molar-refractivity contribution is 0.0620. The third-order valence-electron chi connectivity index (χ3n) is 5.51. The second-order valence-corrected chi connectivity index (χ2v) is 7.31. The second kappa shape index (κ2) is 9.65. The summed E-state index contributed by atoms with van der Waals surface area (Å²) in [5.41, 5.74) is 1.37. The Morgan fingerprint density at radius 1 is 0.938 bits per heavy atom. The average Bonchev–Trinajstić information content (AvgIpc) is 3.31. The maximum absolute atomic E-state index is 13.1. The van der Waals surface area contributed by atoms with E-state index < -0.39 is 0 Å². The van der Waals surface area contributed by atoms with E-state index in [0.717, 1.165) is 17.3 Å². The van der Waals surface area contributed by atoms with Gasteiger partial charge in [-0.2, -0.15) is 4.68 Å². The van der Waals surface area contributed by atoms with Crippen LogP contribution in [0.1, 0.15) is 16.2 Å². The molecule has 2 aromatic carbocycles. The molecule has 1 fully saturated rings. The minimum absolute atomic E-state index is 0.0662. The molecule has 0 N–H and O–H groups in total. The molecule has 32 heavy (non-hydrogen) atoms. The molecule has 1 aliphatic rings.